The summed E-state index contributed by atoms with van der Waals surface area (Å²) in [7, 11) is 1.60. The molecule has 0 saturated heterocycles. The third-order valence-electron chi connectivity index (χ3n) is 4.03. The molecule has 8 heteroatoms. The quantitative estimate of drug-likeness (QED) is 0.484. The molecule has 0 N–H and O–H groups in total. The molecule has 0 atom stereocenters. The molecule has 0 amide bonds. The molecule has 4 aromatic rings. The molecule has 4 rings (SSSR count). The molecule has 0 aliphatic heterocycles. The van der Waals surface area contributed by atoms with Crippen LogP contribution in [0.25, 0.3) is 16.2 Å². The summed E-state index contributed by atoms with van der Waals surface area (Å²) in [6.45, 7) is -0.102. The Balaban J connectivity index is 1.47. The first-order valence-corrected chi connectivity index (χ1v) is 9.26. The van der Waals surface area contributed by atoms with Gasteiger partial charge in [0.05, 0.1) is 12.8 Å². The highest BCUT2D eigenvalue weighted by atomic mass is 32.1. The minimum absolute atomic E-state index is 0.102. The molecule has 0 unspecified atom stereocenters. The first-order chi connectivity index (χ1) is 13.6. The van der Waals surface area contributed by atoms with Crippen molar-refractivity contribution in [3.05, 3.63) is 81.8 Å². The molecular weight excluding hydrogens is 378 g/mol. The zero-order chi connectivity index (χ0) is 19.5. The summed E-state index contributed by atoms with van der Waals surface area (Å²) < 4.78 is 11.8. The SMILES string of the molecule is COc1ccc(-c2nc(C(=O)OCc3cc(=O)n4ccccc4n3)cs2)cc1. The lowest BCUT2D eigenvalue weighted by molar-refractivity contribution is 0.0462. The average Bonchev–Trinajstić information content (AvgIpc) is 3.22. The van der Waals surface area contributed by atoms with Crippen molar-refractivity contribution < 1.29 is 14.3 Å². The third kappa shape index (κ3) is 3.63. The van der Waals surface area contributed by atoms with Crippen molar-refractivity contribution in [2.75, 3.05) is 7.11 Å². The largest absolute Gasteiger partial charge is 0.497 e. The number of methoxy groups -OCH3 is 1. The summed E-state index contributed by atoms with van der Waals surface area (Å²) in [5, 5.41) is 2.35. The van der Waals surface area contributed by atoms with Gasteiger partial charge >= 0.3 is 5.97 Å². The fourth-order valence-corrected chi connectivity index (χ4v) is 3.42. The number of hydrogen-bond acceptors (Lipinski definition) is 7. The van der Waals surface area contributed by atoms with Crippen LogP contribution >= 0.6 is 11.3 Å². The number of fused-ring (bicyclic) bond motifs is 1. The maximum atomic E-state index is 12.3. The second-order valence-electron chi connectivity index (χ2n) is 5.86. The number of thiazole rings is 1. The van der Waals surface area contributed by atoms with Crippen LogP contribution in [0.2, 0.25) is 0 Å². The van der Waals surface area contributed by atoms with Crippen molar-refractivity contribution in [2.45, 2.75) is 6.61 Å². The molecule has 1 aromatic carbocycles. The molecule has 0 bridgehead atoms. The zero-order valence-corrected chi connectivity index (χ0v) is 15.7. The van der Waals surface area contributed by atoms with E-state index in [4.69, 9.17) is 9.47 Å². The van der Waals surface area contributed by atoms with Crippen LogP contribution in [0.5, 0.6) is 5.75 Å². The maximum Gasteiger partial charge on any atom is 0.358 e. The average molecular weight is 393 g/mol. The lowest BCUT2D eigenvalue weighted by Crippen LogP contribution is -2.16. The number of nitrogens with zero attached hydrogens (tertiary/aromatic N) is 3. The predicted octanol–water partition coefficient (Wildman–Crippen LogP) is 3.18. The molecule has 0 saturated carbocycles. The molecule has 0 aliphatic rings. The van der Waals surface area contributed by atoms with Crippen molar-refractivity contribution in [1.82, 2.24) is 14.4 Å². The lowest BCUT2D eigenvalue weighted by Gasteiger charge is -2.04. The van der Waals surface area contributed by atoms with Crippen molar-refractivity contribution in [2.24, 2.45) is 0 Å². The smallest absolute Gasteiger partial charge is 0.358 e. The second kappa shape index (κ2) is 7.61. The third-order valence-corrected chi connectivity index (χ3v) is 4.92. The maximum absolute atomic E-state index is 12.3. The number of rotatable bonds is 5. The molecular formula is C20H15N3O4S. The number of ether oxygens (including phenoxy) is 2. The van der Waals surface area contributed by atoms with Gasteiger partial charge in [-0.2, -0.15) is 0 Å². The van der Waals surface area contributed by atoms with Crippen molar-refractivity contribution >= 4 is 23.0 Å². The monoisotopic (exact) mass is 393 g/mol. The first kappa shape index (κ1) is 17.9. The highest BCUT2D eigenvalue weighted by molar-refractivity contribution is 7.13. The van der Waals surface area contributed by atoms with E-state index >= 15 is 0 Å². The summed E-state index contributed by atoms with van der Waals surface area (Å²) in [5.74, 6) is 0.185. The van der Waals surface area contributed by atoms with Gasteiger partial charge in [-0.1, -0.05) is 6.07 Å². The minimum atomic E-state index is -0.564. The number of carbonyl (C=O) groups is 1. The van der Waals surface area contributed by atoms with Crippen LogP contribution in [0, 0.1) is 0 Å². The molecule has 0 radical (unpaired) electrons. The van der Waals surface area contributed by atoms with Crippen LogP contribution in [-0.2, 0) is 11.3 Å². The van der Waals surface area contributed by atoms with Crippen molar-refractivity contribution in [3.8, 4) is 16.3 Å². The number of aromatic nitrogens is 3. The van der Waals surface area contributed by atoms with Gasteiger partial charge in [0.15, 0.2) is 5.69 Å². The van der Waals surface area contributed by atoms with Crippen LogP contribution < -0.4 is 10.3 Å². The van der Waals surface area contributed by atoms with Gasteiger partial charge in [-0.3, -0.25) is 9.20 Å². The van der Waals surface area contributed by atoms with E-state index in [0.29, 0.717) is 16.3 Å². The van der Waals surface area contributed by atoms with Gasteiger partial charge in [-0.15, -0.1) is 11.3 Å². The summed E-state index contributed by atoms with van der Waals surface area (Å²) >= 11 is 1.35. The van der Waals surface area contributed by atoms with E-state index in [1.54, 1.807) is 36.9 Å². The Bertz CT molecular complexity index is 1200. The van der Waals surface area contributed by atoms with Crippen LogP contribution in [0.3, 0.4) is 0 Å². The fraction of sp³-hybridized carbons (Fsp3) is 0.100. The molecule has 3 aromatic heterocycles. The van der Waals surface area contributed by atoms with Gasteiger partial charge in [0.1, 0.15) is 23.0 Å². The number of carbonyl (C=O) groups excluding carboxylic acids is 1. The molecule has 28 heavy (non-hydrogen) atoms. The summed E-state index contributed by atoms with van der Waals surface area (Å²) in [4.78, 5) is 33.0. The summed E-state index contributed by atoms with van der Waals surface area (Å²) in [6, 6.07) is 14.0. The standard InChI is InChI=1S/C20H15N3O4S/c1-26-15-7-5-13(6-8-15)19-22-16(12-28-19)20(25)27-11-14-10-18(24)23-9-3-2-4-17(23)21-14/h2-10,12H,11H2,1H3. The van der Waals surface area contributed by atoms with E-state index in [1.165, 1.54) is 21.8 Å². The molecule has 140 valence electrons. The van der Waals surface area contributed by atoms with Gasteiger partial charge in [0, 0.05) is 23.2 Å². The molecule has 0 fully saturated rings. The normalized spacial score (nSPS) is 10.8. The van der Waals surface area contributed by atoms with Gasteiger partial charge in [0.25, 0.3) is 5.56 Å². The Hall–Kier alpha value is -3.52. The Morgan fingerprint density at radius 2 is 1.96 bits per heavy atom. The Morgan fingerprint density at radius 1 is 1.14 bits per heavy atom. The number of hydrogen-bond donors (Lipinski definition) is 0. The van der Waals surface area contributed by atoms with E-state index in [2.05, 4.69) is 9.97 Å². The Labute approximate surface area is 163 Å². The fourth-order valence-electron chi connectivity index (χ4n) is 2.62. The van der Waals surface area contributed by atoms with E-state index in [1.807, 2.05) is 24.3 Å². The van der Waals surface area contributed by atoms with Gasteiger partial charge in [0.2, 0.25) is 0 Å². The van der Waals surface area contributed by atoms with Gasteiger partial charge in [-0.25, -0.2) is 14.8 Å². The first-order valence-electron chi connectivity index (χ1n) is 8.38. The van der Waals surface area contributed by atoms with Crippen molar-refractivity contribution in [3.63, 3.8) is 0 Å². The number of pyridine rings is 1. The molecule has 3 heterocycles. The van der Waals surface area contributed by atoms with Crippen LogP contribution in [0.1, 0.15) is 16.2 Å². The summed E-state index contributed by atoms with van der Waals surface area (Å²) in [5.41, 5.74) is 1.75. The van der Waals surface area contributed by atoms with E-state index < -0.39 is 5.97 Å². The molecule has 0 spiro atoms. The topological polar surface area (TPSA) is 82.8 Å². The molecule has 0 aliphatic carbocycles. The van der Waals surface area contributed by atoms with Crippen LogP contribution in [-0.4, -0.2) is 27.4 Å². The Morgan fingerprint density at radius 3 is 2.75 bits per heavy atom. The van der Waals surface area contributed by atoms with Crippen molar-refractivity contribution in [1.29, 1.82) is 0 Å². The highest BCUT2D eigenvalue weighted by Crippen LogP contribution is 2.26. The summed E-state index contributed by atoms with van der Waals surface area (Å²) in [6.07, 6.45) is 1.64. The highest BCUT2D eigenvalue weighted by Gasteiger charge is 2.14. The van der Waals surface area contributed by atoms with Crippen LogP contribution in [0.15, 0.2) is 64.9 Å². The second-order valence-corrected chi connectivity index (χ2v) is 6.72. The van der Waals surface area contributed by atoms with Crippen LogP contribution in [0.4, 0.5) is 0 Å². The molecule has 7 nitrogen and oxygen atoms in total. The lowest BCUT2D eigenvalue weighted by atomic mass is 10.2. The van der Waals surface area contributed by atoms with E-state index in [9.17, 15) is 9.59 Å². The Kier molecular flexibility index (Phi) is 4.86. The van der Waals surface area contributed by atoms with E-state index in [-0.39, 0.29) is 17.9 Å². The zero-order valence-electron chi connectivity index (χ0n) is 14.9. The van der Waals surface area contributed by atoms with Gasteiger partial charge < -0.3 is 9.47 Å². The predicted molar refractivity (Wildman–Crippen MR) is 105 cm³/mol. The number of benzene rings is 1. The van der Waals surface area contributed by atoms with Gasteiger partial charge in [-0.05, 0) is 36.4 Å². The number of esters is 1. The minimum Gasteiger partial charge on any atom is -0.497 e. The van der Waals surface area contributed by atoms with E-state index in [0.717, 1.165) is 11.3 Å².